The van der Waals surface area contributed by atoms with Crippen LogP contribution in [0.2, 0.25) is 0 Å². The van der Waals surface area contributed by atoms with Crippen molar-refractivity contribution in [3.63, 3.8) is 0 Å². The number of aryl methyl sites for hydroxylation is 1. The lowest BCUT2D eigenvalue weighted by Crippen LogP contribution is -2.41. The predicted octanol–water partition coefficient (Wildman–Crippen LogP) is 2.38. The van der Waals surface area contributed by atoms with E-state index in [1.807, 2.05) is 36.0 Å². The van der Waals surface area contributed by atoms with E-state index >= 15 is 0 Å². The molecule has 0 saturated carbocycles. The Balaban J connectivity index is 1.52. The summed E-state index contributed by atoms with van der Waals surface area (Å²) in [5.74, 6) is 1.26. The third-order valence-corrected chi connectivity index (χ3v) is 6.41. The van der Waals surface area contributed by atoms with Crippen LogP contribution in [0, 0.1) is 0 Å². The van der Waals surface area contributed by atoms with Gasteiger partial charge in [-0.15, -0.1) is 11.3 Å². The molecule has 4 rings (SSSR count). The zero-order valence-electron chi connectivity index (χ0n) is 17.4. The first kappa shape index (κ1) is 20.6. The van der Waals surface area contributed by atoms with Gasteiger partial charge in [0.25, 0.3) is 5.91 Å². The van der Waals surface area contributed by atoms with Crippen LogP contribution in [0.25, 0.3) is 21.5 Å². The summed E-state index contributed by atoms with van der Waals surface area (Å²) in [6, 6.07) is 7.63. The quantitative estimate of drug-likeness (QED) is 0.620. The highest BCUT2D eigenvalue weighted by molar-refractivity contribution is 7.20. The molecule has 0 aliphatic carbocycles. The van der Waals surface area contributed by atoms with Gasteiger partial charge in [0.1, 0.15) is 10.5 Å². The Morgan fingerprint density at radius 2 is 1.97 bits per heavy atom. The molecule has 0 atom stereocenters. The van der Waals surface area contributed by atoms with E-state index in [2.05, 4.69) is 15.3 Å². The van der Waals surface area contributed by atoms with Crippen molar-refractivity contribution in [1.29, 1.82) is 0 Å². The van der Waals surface area contributed by atoms with E-state index in [0.29, 0.717) is 22.9 Å². The number of aromatic nitrogens is 2. The largest absolute Gasteiger partial charge is 0.493 e. The standard InChI is InChI=1S/C21H26N4O4S/c1-24-21-15(19(23-24)14-4-5-16(27-2)17(12-14)28-3)13-18(30-21)20(26)22-6-7-25-8-10-29-11-9-25/h4-5,12-13H,6-11H2,1-3H3,(H,22,26). The topological polar surface area (TPSA) is 77.9 Å². The molecule has 0 bridgehead atoms. The van der Waals surface area contributed by atoms with Crippen molar-refractivity contribution < 1.29 is 19.0 Å². The maximum absolute atomic E-state index is 12.7. The second kappa shape index (κ2) is 9.03. The van der Waals surface area contributed by atoms with Gasteiger partial charge in [-0.3, -0.25) is 14.4 Å². The van der Waals surface area contributed by atoms with E-state index in [1.54, 1.807) is 14.2 Å². The maximum atomic E-state index is 12.7. The molecule has 1 aliphatic heterocycles. The second-order valence-electron chi connectivity index (χ2n) is 7.08. The van der Waals surface area contributed by atoms with Crippen molar-refractivity contribution in [1.82, 2.24) is 20.0 Å². The number of methoxy groups -OCH3 is 2. The number of carbonyl (C=O) groups is 1. The SMILES string of the molecule is COc1ccc(-c2nn(C)c3sc(C(=O)NCCN4CCOCC4)cc23)cc1OC. The number of benzene rings is 1. The normalized spacial score (nSPS) is 14.8. The lowest BCUT2D eigenvalue weighted by molar-refractivity contribution is 0.0383. The van der Waals surface area contributed by atoms with Crippen molar-refractivity contribution in [2.75, 3.05) is 53.6 Å². The minimum atomic E-state index is -0.0530. The highest BCUT2D eigenvalue weighted by Gasteiger charge is 2.19. The number of ether oxygens (including phenoxy) is 3. The molecule has 0 spiro atoms. The average molecular weight is 431 g/mol. The Bertz CT molecular complexity index is 1040. The first-order valence-electron chi connectivity index (χ1n) is 9.88. The van der Waals surface area contributed by atoms with Crippen molar-refractivity contribution in [2.24, 2.45) is 7.05 Å². The number of morpholine rings is 1. The van der Waals surface area contributed by atoms with Gasteiger partial charge in [0.05, 0.1) is 32.3 Å². The zero-order valence-corrected chi connectivity index (χ0v) is 18.3. The maximum Gasteiger partial charge on any atom is 0.261 e. The first-order valence-corrected chi connectivity index (χ1v) is 10.7. The minimum Gasteiger partial charge on any atom is -0.493 e. The van der Waals surface area contributed by atoms with Crippen molar-refractivity contribution >= 4 is 27.5 Å². The summed E-state index contributed by atoms with van der Waals surface area (Å²) in [5.41, 5.74) is 1.73. The molecule has 3 aromatic rings. The predicted molar refractivity (Wildman–Crippen MR) is 117 cm³/mol. The molecule has 0 radical (unpaired) electrons. The number of fused-ring (bicyclic) bond motifs is 1. The third kappa shape index (κ3) is 4.14. The van der Waals surface area contributed by atoms with E-state index in [0.717, 1.165) is 54.3 Å². The molecule has 1 saturated heterocycles. The van der Waals surface area contributed by atoms with Crippen molar-refractivity contribution in [2.45, 2.75) is 0 Å². The molecule has 30 heavy (non-hydrogen) atoms. The number of amides is 1. The van der Waals surface area contributed by atoms with Gasteiger partial charge >= 0.3 is 0 Å². The van der Waals surface area contributed by atoms with E-state index in [1.165, 1.54) is 11.3 Å². The van der Waals surface area contributed by atoms with Gasteiger partial charge in [0.15, 0.2) is 11.5 Å². The van der Waals surface area contributed by atoms with Gasteiger partial charge in [0, 0.05) is 44.2 Å². The molecule has 1 aromatic carbocycles. The van der Waals surface area contributed by atoms with Crippen LogP contribution in [-0.2, 0) is 11.8 Å². The van der Waals surface area contributed by atoms with Crippen LogP contribution in [0.4, 0.5) is 0 Å². The lowest BCUT2D eigenvalue weighted by Gasteiger charge is -2.26. The molecule has 2 aromatic heterocycles. The number of hydrogen-bond acceptors (Lipinski definition) is 7. The van der Waals surface area contributed by atoms with Gasteiger partial charge in [0.2, 0.25) is 0 Å². The summed E-state index contributed by atoms with van der Waals surface area (Å²) < 4.78 is 17.9. The molecule has 1 aliphatic rings. The van der Waals surface area contributed by atoms with Crippen LogP contribution in [-0.4, -0.2) is 74.2 Å². The highest BCUT2D eigenvalue weighted by Crippen LogP contribution is 2.37. The first-order chi connectivity index (χ1) is 14.6. The molecule has 160 valence electrons. The van der Waals surface area contributed by atoms with Gasteiger partial charge in [-0.05, 0) is 24.3 Å². The molecule has 1 fully saturated rings. The Labute approximate surface area is 179 Å². The number of nitrogens with zero attached hydrogens (tertiary/aromatic N) is 3. The fourth-order valence-electron chi connectivity index (χ4n) is 3.59. The smallest absolute Gasteiger partial charge is 0.261 e. The number of carbonyl (C=O) groups excluding carboxylic acids is 1. The molecular formula is C21H26N4O4S. The fourth-order valence-corrected chi connectivity index (χ4v) is 4.58. The Morgan fingerprint density at radius 3 is 2.70 bits per heavy atom. The number of thiophene rings is 1. The Hall–Kier alpha value is -2.62. The monoisotopic (exact) mass is 430 g/mol. The summed E-state index contributed by atoms with van der Waals surface area (Å²) in [7, 11) is 5.11. The van der Waals surface area contributed by atoms with Crippen LogP contribution in [0.3, 0.4) is 0 Å². The molecule has 1 amide bonds. The number of rotatable bonds is 7. The summed E-state index contributed by atoms with van der Waals surface area (Å²) in [6.45, 7) is 4.80. The van der Waals surface area contributed by atoms with E-state index in [-0.39, 0.29) is 5.91 Å². The van der Waals surface area contributed by atoms with Gasteiger partial charge < -0.3 is 19.5 Å². The van der Waals surface area contributed by atoms with Gasteiger partial charge in [-0.1, -0.05) is 0 Å². The summed E-state index contributed by atoms with van der Waals surface area (Å²) in [5, 5.41) is 8.64. The zero-order chi connectivity index (χ0) is 21.1. The highest BCUT2D eigenvalue weighted by atomic mass is 32.1. The summed E-state index contributed by atoms with van der Waals surface area (Å²) in [4.78, 5) is 16.6. The van der Waals surface area contributed by atoms with E-state index in [4.69, 9.17) is 14.2 Å². The average Bonchev–Trinajstić information content (AvgIpc) is 3.34. The minimum absolute atomic E-state index is 0.0530. The van der Waals surface area contributed by atoms with Crippen LogP contribution in [0.5, 0.6) is 11.5 Å². The molecule has 0 unspecified atom stereocenters. The van der Waals surface area contributed by atoms with E-state index in [9.17, 15) is 4.79 Å². The third-order valence-electron chi connectivity index (χ3n) is 5.21. The van der Waals surface area contributed by atoms with Gasteiger partial charge in [-0.25, -0.2) is 0 Å². The molecular weight excluding hydrogens is 404 g/mol. The van der Waals surface area contributed by atoms with Crippen LogP contribution < -0.4 is 14.8 Å². The number of nitrogens with one attached hydrogen (secondary N) is 1. The summed E-state index contributed by atoms with van der Waals surface area (Å²) >= 11 is 1.45. The van der Waals surface area contributed by atoms with Gasteiger partial charge in [-0.2, -0.15) is 5.10 Å². The number of hydrogen-bond donors (Lipinski definition) is 1. The summed E-state index contributed by atoms with van der Waals surface area (Å²) in [6.07, 6.45) is 0. The Morgan fingerprint density at radius 1 is 1.20 bits per heavy atom. The van der Waals surface area contributed by atoms with Crippen molar-refractivity contribution in [3.8, 4) is 22.8 Å². The molecule has 1 N–H and O–H groups in total. The van der Waals surface area contributed by atoms with Crippen LogP contribution >= 0.6 is 11.3 Å². The molecule has 3 heterocycles. The lowest BCUT2D eigenvalue weighted by atomic mass is 10.1. The second-order valence-corrected chi connectivity index (χ2v) is 8.11. The molecule has 8 nitrogen and oxygen atoms in total. The molecule has 9 heteroatoms. The van der Waals surface area contributed by atoms with E-state index < -0.39 is 0 Å². The van der Waals surface area contributed by atoms with Crippen molar-refractivity contribution in [3.05, 3.63) is 29.1 Å². The van der Waals surface area contributed by atoms with Crippen LogP contribution in [0.15, 0.2) is 24.3 Å². The Kier molecular flexibility index (Phi) is 6.21. The fraction of sp³-hybridized carbons (Fsp3) is 0.429. The van der Waals surface area contributed by atoms with Crippen LogP contribution in [0.1, 0.15) is 9.67 Å².